The summed E-state index contributed by atoms with van der Waals surface area (Å²) in [5, 5.41) is 2.00. The highest BCUT2D eigenvalue weighted by Crippen LogP contribution is 2.35. The summed E-state index contributed by atoms with van der Waals surface area (Å²) in [5.74, 6) is -0.546. The topological polar surface area (TPSA) is 66.5 Å². The third-order valence-corrected chi connectivity index (χ3v) is 7.26. The Morgan fingerprint density at radius 3 is 2.45 bits per heavy atom. The van der Waals surface area contributed by atoms with Gasteiger partial charge in [-0.2, -0.15) is 0 Å². The highest BCUT2D eigenvalue weighted by molar-refractivity contribution is 7.92. The number of anilines is 1. The van der Waals surface area contributed by atoms with Gasteiger partial charge in [0.05, 0.1) is 10.9 Å². The van der Waals surface area contributed by atoms with Crippen molar-refractivity contribution in [2.45, 2.75) is 23.8 Å². The Morgan fingerprint density at radius 2 is 1.79 bits per heavy atom. The third-order valence-electron chi connectivity index (χ3n) is 4.89. The highest BCUT2D eigenvalue weighted by Gasteiger charge is 2.31. The lowest BCUT2D eigenvalue weighted by Gasteiger charge is -2.24. The molecule has 1 N–H and O–H groups in total. The summed E-state index contributed by atoms with van der Waals surface area (Å²) in [4.78, 5) is 16.0. The van der Waals surface area contributed by atoms with E-state index in [1.54, 1.807) is 11.3 Å². The molecule has 1 aliphatic heterocycles. The van der Waals surface area contributed by atoms with Gasteiger partial charge in [0.1, 0.15) is 5.82 Å². The molecule has 29 heavy (non-hydrogen) atoms. The summed E-state index contributed by atoms with van der Waals surface area (Å²) >= 11 is 1.64. The molecule has 2 heterocycles. The number of thiophene rings is 1. The number of hydrogen-bond acceptors (Lipinski definition) is 4. The van der Waals surface area contributed by atoms with E-state index >= 15 is 0 Å². The van der Waals surface area contributed by atoms with E-state index in [9.17, 15) is 17.6 Å². The van der Waals surface area contributed by atoms with Crippen molar-refractivity contribution in [3.05, 3.63) is 82.3 Å². The van der Waals surface area contributed by atoms with Crippen molar-refractivity contribution in [3.63, 3.8) is 0 Å². The molecular formula is C21H19FN2O3S2. The van der Waals surface area contributed by atoms with Crippen LogP contribution >= 0.6 is 11.3 Å². The van der Waals surface area contributed by atoms with Gasteiger partial charge in [0, 0.05) is 22.7 Å². The number of likely N-dealkylation sites (tertiary alicyclic amines) is 1. The van der Waals surface area contributed by atoms with Crippen molar-refractivity contribution in [3.8, 4) is 0 Å². The Labute approximate surface area is 172 Å². The van der Waals surface area contributed by atoms with E-state index in [2.05, 4.69) is 4.72 Å². The van der Waals surface area contributed by atoms with Crippen LogP contribution in [0, 0.1) is 5.82 Å². The molecule has 1 amide bonds. The van der Waals surface area contributed by atoms with Crippen LogP contribution in [-0.4, -0.2) is 25.8 Å². The van der Waals surface area contributed by atoms with Crippen molar-refractivity contribution >= 4 is 33.0 Å². The van der Waals surface area contributed by atoms with Gasteiger partial charge in [-0.05, 0) is 72.8 Å². The van der Waals surface area contributed by atoms with Crippen LogP contribution in [0.3, 0.4) is 0 Å². The first-order valence-electron chi connectivity index (χ1n) is 9.17. The number of benzene rings is 2. The number of hydrogen-bond donors (Lipinski definition) is 1. The first-order chi connectivity index (χ1) is 13.9. The third kappa shape index (κ3) is 4.18. The molecule has 1 aliphatic rings. The number of carbonyl (C=O) groups is 1. The normalized spacial score (nSPS) is 16.7. The zero-order valence-corrected chi connectivity index (χ0v) is 17.0. The average molecular weight is 431 g/mol. The summed E-state index contributed by atoms with van der Waals surface area (Å²) in [6.07, 6.45) is 1.88. The van der Waals surface area contributed by atoms with Crippen LogP contribution in [0.4, 0.5) is 10.1 Å². The van der Waals surface area contributed by atoms with Gasteiger partial charge in [0.25, 0.3) is 15.9 Å². The van der Waals surface area contributed by atoms with Crippen molar-refractivity contribution in [2.75, 3.05) is 11.3 Å². The summed E-state index contributed by atoms with van der Waals surface area (Å²) in [6.45, 7) is 0.688. The minimum Gasteiger partial charge on any atom is -0.331 e. The smallest absolute Gasteiger partial charge is 0.261 e. The number of nitrogens with zero attached hydrogens (tertiary/aromatic N) is 1. The fourth-order valence-corrected chi connectivity index (χ4v) is 5.39. The highest BCUT2D eigenvalue weighted by atomic mass is 32.2. The second-order valence-corrected chi connectivity index (χ2v) is 9.47. The Morgan fingerprint density at radius 1 is 1.07 bits per heavy atom. The minimum atomic E-state index is -3.83. The van der Waals surface area contributed by atoms with Crippen LogP contribution in [-0.2, 0) is 10.0 Å². The molecule has 0 spiro atoms. The number of rotatable bonds is 5. The molecule has 1 unspecified atom stereocenters. The molecule has 150 valence electrons. The maximum atomic E-state index is 13.0. The maximum Gasteiger partial charge on any atom is 0.261 e. The molecule has 3 aromatic rings. The molecule has 5 nitrogen and oxygen atoms in total. The average Bonchev–Trinajstić information content (AvgIpc) is 3.40. The molecule has 0 aliphatic carbocycles. The van der Waals surface area contributed by atoms with E-state index in [1.165, 1.54) is 53.4 Å². The Balaban J connectivity index is 1.51. The molecule has 0 radical (unpaired) electrons. The molecule has 1 aromatic heterocycles. The minimum absolute atomic E-state index is 0.0367. The molecule has 0 bridgehead atoms. The van der Waals surface area contributed by atoms with E-state index in [1.807, 2.05) is 22.4 Å². The van der Waals surface area contributed by atoms with Crippen LogP contribution < -0.4 is 4.72 Å². The number of amides is 1. The van der Waals surface area contributed by atoms with E-state index in [0.717, 1.165) is 12.8 Å². The SMILES string of the molecule is O=C(c1ccc(S(=O)(=O)Nc2ccc(F)cc2)cc1)N1CCCC1c1cccs1. The van der Waals surface area contributed by atoms with Gasteiger partial charge in [0.15, 0.2) is 0 Å². The van der Waals surface area contributed by atoms with Crippen LogP contribution in [0.15, 0.2) is 70.9 Å². The second-order valence-electron chi connectivity index (χ2n) is 6.81. The van der Waals surface area contributed by atoms with Crippen LogP contribution in [0.5, 0.6) is 0 Å². The van der Waals surface area contributed by atoms with E-state index in [-0.39, 0.29) is 22.5 Å². The van der Waals surface area contributed by atoms with Gasteiger partial charge in [0.2, 0.25) is 0 Å². The van der Waals surface area contributed by atoms with Gasteiger partial charge in [-0.25, -0.2) is 12.8 Å². The van der Waals surface area contributed by atoms with Crippen molar-refractivity contribution in [1.29, 1.82) is 0 Å². The standard InChI is InChI=1S/C21H19FN2O3S2/c22-16-7-9-17(10-8-16)23-29(26,27)18-11-5-15(6-12-18)21(25)24-13-1-3-19(24)20-4-2-14-28-20/h2,4-12,14,19,23H,1,3,13H2. The van der Waals surface area contributed by atoms with Gasteiger partial charge in [-0.15, -0.1) is 11.3 Å². The van der Waals surface area contributed by atoms with Gasteiger partial charge >= 0.3 is 0 Å². The van der Waals surface area contributed by atoms with Crippen molar-refractivity contribution in [1.82, 2.24) is 4.90 Å². The maximum absolute atomic E-state index is 13.0. The van der Waals surface area contributed by atoms with Crippen LogP contribution in [0.1, 0.15) is 34.1 Å². The fraction of sp³-hybridized carbons (Fsp3) is 0.190. The lowest BCUT2D eigenvalue weighted by atomic mass is 10.1. The van der Waals surface area contributed by atoms with Gasteiger partial charge in [-0.1, -0.05) is 6.07 Å². The number of sulfonamides is 1. The molecule has 0 saturated carbocycles. The van der Waals surface area contributed by atoms with Crippen molar-refractivity contribution in [2.24, 2.45) is 0 Å². The monoisotopic (exact) mass is 430 g/mol. The quantitative estimate of drug-likeness (QED) is 0.640. The van der Waals surface area contributed by atoms with E-state index in [4.69, 9.17) is 0 Å². The number of nitrogens with one attached hydrogen (secondary N) is 1. The molecule has 1 saturated heterocycles. The molecule has 4 rings (SSSR count). The Hall–Kier alpha value is -2.71. The summed E-state index contributed by atoms with van der Waals surface area (Å²) in [7, 11) is -3.83. The first-order valence-corrected chi connectivity index (χ1v) is 11.5. The van der Waals surface area contributed by atoms with Gasteiger partial charge < -0.3 is 4.90 Å². The van der Waals surface area contributed by atoms with Crippen LogP contribution in [0.2, 0.25) is 0 Å². The Bertz CT molecular complexity index is 1100. The summed E-state index contributed by atoms with van der Waals surface area (Å²) in [6, 6.07) is 15.0. The number of carbonyl (C=O) groups excluding carboxylic acids is 1. The Kier molecular flexibility index (Phi) is 5.38. The molecule has 1 fully saturated rings. The first kappa shape index (κ1) is 19.6. The zero-order chi connectivity index (χ0) is 20.4. The van der Waals surface area contributed by atoms with E-state index < -0.39 is 15.8 Å². The lowest BCUT2D eigenvalue weighted by Crippen LogP contribution is -2.30. The lowest BCUT2D eigenvalue weighted by molar-refractivity contribution is 0.0738. The largest absolute Gasteiger partial charge is 0.331 e. The molecular weight excluding hydrogens is 411 g/mol. The number of halogens is 1. The second kappa shape index (κ2) is 7.96. The van der Waals surface area contributed by atoms with Crippen LogP contribution in [0.25, 0.3) is 0 Å². The summed E-state index contributed by atoms with van der Waals surface area (Å²) in [5.41, 5.74) is 0.719. The van der Waals surface area contributed by atoms with E-state index in [0.29, 0.717) is 12.1 Å². The van der Waals surface area contributed by atoms with Gasteiger partial charge in [-0.3, -0.25) is 9.52 Å². The molecule has 1 atom stereocenters. The van der Waals surface area contributed by atoms with Crippen molar-refractivity contribution < 1.29 is 17.6 Å². The zero-order valence-electron chi connectivity index (χ0n) is 15.4. The molecule has 8 heteroatoms. The molecule has 2 aromatic carbocycles. The fourth-order valence-electron chi connectivity index (χ4n) is 3.46. The predicted molar refractivity (Wildman–Crippen MR) is 111 cm³/mol. The summed E-state index contributed by atoms with van der Waals surface area (Å²) < 4.78 is 40.5. The predicted octanol–water partition coefficient (Wildman–Crippen LogP) is 4.67.